The molecule has 4 heteroatoms. The van der Waals surface area contributed by atoms with Crippen molar-refractivity contribution in [2.75, 3.05) is 23.7 Å². The first kappa shape index (κ1) is 35.3. The van der Waals surface area contributed by atoms with Crippen molar-refractivity contribution in [2.24, 2.45) is 0 Å². The molecule has 2 nitrogen and oxygen atoms in total. The minimum absolute atomic E-state index is 0. The Morgan fingerprint density at radius 2 is 0.690 bits per heavy atom. The SMILES string of the molecule is Cc1cc(-c2ccc(C(C)(C)C)cc2)cc(C)c1NCCNc1c(C)cc(-c2ccc(C(C)(C)C)cc2)cc1C.Cl.Cl. The Labute approximate surface area is 267 Å². The molecule has 0 saturated carbocycles. The van der Waals surface area contributed by atoms with Crippen LogP contribution in [-0.4, -0.2) is 13.1 Å². The van der Waals surface area contributed by atoms with Gasteiger partial charge in [-0.3, -0.25) is 0 Å². The standard InChI is InChI=1S/C38H48N2.2ClH/c1-25-21-31(29-11-15-33(16-12-29)37(5,6)7)22-26(2)35(25)39-19-20-40-36-27(3)23-32(24-28(36)4)30-13-17-34(18-14-30)38(8,9)10;;/h11-18,21-24,39-40H,19-20H2,1-10H3;2*1H. The highest BCUT2D eigenvalue weighted by Gasteiger charge is 2.15. The molecule has 4 aromatic rings. The average Bonchev–Trinajstić information content (AvgIpc) is 2.88. The summed E-state index contributed by atoms with van der Waals surface area (Å²) >= 11 is 0. The summed E-state index contributed by atoms with van der Waals surface area (Å²) in [5.74, 6) is 0. The largest absolute Gasteiger partial charge is 0.383 e. The second kappa shape index (κ2) is 14.0. The van der Waals surface area contributed by atoms with Gasteiger partial charge in [0.05, 0.1) is 0 Å². The van der Waals surface area contributed by atoms with E-state index in [1.54, 1.807) is 0 Å². The fraction of sp³-hybridized carbons (Fsp3) is 0.368. The van der Waals surface area contributed by atoms with Crippen LogP contribution in [0.25, 0.3) is 22.3 Å². The Morgan fingerprint density at radius 1 is 0.429 bits per heavy atom. The summed E-state index contributed by atoms with van der Waals surface area (Å²) in [4.78, 5) is 0. The van der Waals surface area contributed by atoms with Crippen LogP contribution in [0.3, 0.4) is 0 Å². The van der Waals surface area contributed by atoms with Gasteiger partial charge in [0.1, 0.15) is 0 Å². The van der Waals surface area contributed by atoms with E-state index in [9.17, 15) is 0 Å². The maximum Gasteiger partial charge on any atom is 0.0400 e. The van der Waals surface area contributed by atoms with Gasteiger partial charge in [-0.05, 0) is 118 Å². The Morgan fingerprint density at radius 3 is 0.929 bits per heavy atom. The van der Waals surface area contributed by atoms with Gasteiger partial charge in [0, 0.05) is 24.5 Å². The quantitative estimate of drug-likeness (QED) is 0.205. The molecule has 0 heterocycles. The molecule has 0 spiro atoms. The minimum Gasteiger partial charge on any atom is -0.383 e. The number of halogens is 2. The Hall–Kier alpha value is -2.94. The summed E-state index contributed by atoms with van der Waals surface area (Å²) in [6.07, 6.45) is 0. The predicted molar refractivity (Wildman–Crippen MR) is 192 cm³/mol. The van der Waals surface area contributed by atoms with Crippen LogP contribution < -0.4 is 10.6 Å². The molecule has 0 bridgehead atoms. The first-order valence-electron chi connectivity index (χ1n) is 14.7. The summed E-state index contributed by atoms with van der Waals surface area (Å²) in [6, 6.07) is 27.3. The lowest BCUT2D eigenvalue weighted by Crippen LogP contribution is -2.16. The summed E-state index contributed by atoms with van der Waals surface area (Å²) in [7, 11) is 0. The fourth-order valence-electron chi connectivity index (χ4n) is 5.52. The van der Waals surface area contributed by atoms with E-state index in [0.717, 1.165) is 13.1 Å². The van der Waals surface area contributed by atoms with Crippen molar-refractivity contribution < 1.29 is 0 Å². The highest BCUT2D eigenvalue weighted by molar-refractivity contribution is 5.85. The first-order chi connectivity index (χ1) is 18.7. The van der Waals surface area contributed by atoms with Crippen molar-refractivity contribution >= 4 is 36.2 Å². The number of nitrogens with one attached hydrogen (secondary N) is 2. The van der Waals surface area contributed by atoms with Gasteiger partial charge in [-0.25, -0.2) is 0 Å². The van der Waals surface area contributed by atoms with E-state index in [0.29, 0.717) is 0 Å². The predicted octanol–water partition coefficient (Wildman–Crippen LogP) is 11.2. The molecule has 226 valence electrons. The van der Waals surface area contributed by atoms with Gasteiger partial charge in [0.25, 0.3) is 0 Å². The lowest BCUT2D eigenvalue weighted by molar-refractivity contribution is 0.590. The van der Waals surface area contributed by atoms with Crippen LogP contribution in [-0.2, 0) is 10.8 Å². The Bertz CT molecular complexity index is 1310. The van der Waals surface area contributed by atoms with E-state index >= 15 is 0 Å². The Kier molecular flexibility index (Phi) is 11.8. The van der Waals surface area contributed by atoms with Crippen LogP contribution in [0, 0.1) is 27.7 Å². The summed E-state index contributed by atoms with van der Waals surface area (Å²) in [5.41, 5.74) is 15.8. The topological polar surface area (TPSA) is 24.1 Å². The third-order valence-electron chi connectivity index (χ3n) is 7.96. The second-order valence-electron chi connectivity index (χ2n) is 13.5. The van der Waals surface area contributed by atoms with E-state index in [1.807, 2.05) is 0 Å². The molecule has 0 unspecified atom stereocenters. The summed E-state index contributed by atoms with van der Waals surface area (Å²) in [5, 5.41) is 7.38. The zero-order valence-corrected chi connectivity index (χ0v) is 28.8. The van der Waals surface area contributed by atoms with Crippen molar-refractivity contribution in [3.05, 3.63) is 106 Å². The van der Waals surface area contributed by atoms with Gasteiger partial charge in [0.15, 0.2) is 0 Å². The van der Waals surface area contributed by atoms with Gasteiger partial charge < -0.3 is 10.6 Å². The third kappa shape index (κ3) is 8.33. The Balaban J connectivity index is 0.00000308. The smallest absolute Gasteiger partial charge is 0.0400 e. The van der Waals surface area contributed by atoms with Crippen molar-refractivity contribution in [1.82, 2.24) is 0 Å². The molecule has 42 heavy (non-hydrogen) atoms. The van der Waals surface area contributed by atoms with E-state index in [1.165, 1.54) is 67.0 Å². The van der Waals surface area contributed by atoms with Gasteiger partial charge in [0.2, 0.25) is 0 Å². The average molecular weight is 606 g/mol. The van der Waals surface area contributed by atoms with Crippen LogP contribution in [0.2, 0.25) is 0 Å². The lowest BCUT2D eigenvalue weighted by Gasteiger charge is -2.20. The highest BCUT2D eigenvalue weighted by Crippen LogP contribution is 2.32. The van der Waals surface area contributed by atoms with Crippen LogP contribution >= 0.6 is 24.8 Å². The van der Waals surface area contributed by atoms with Crippen molar-refractivity contribution in [2.45, 2.75) is 80.1 Å². The second-order valence-corrected chi connectivity index (χ2v) is 13.5. The molecule has 4 rings (SSSR count). The molecule has 0 aromatic heterocycles. The van der Waals surface area contributed by atoms with E-state index in [-0.39, 0.29) is 35.6 Å². The number of benzene rings is 4. The maximum absolute atomic E-state index is 3.69. The van der Waals surface area contributed by atoms with Crippen LogP contribution in [0.15, 0.2) is 72.8 Å². The molecule has 0 atom stereocenters. The molecular weight excluding hydrogens is 555 g/mol. The van der Waals surface area contributed by atoms with E-state index in [2.05, 4.69) is 153 Å². The van der Waals surface area contributed by atoms with Gasteiger partial charge >= 0.3 is 0 Å². The zero-order valence-electron chi connectivity index (χ0n) is 27.2. The number of aryl methyl sites for hydroxylation is 4. The molecule has 0 aliphatic rings. The van der Waals surface area contributed by atoms with Crippen molar-refractivity contribution in [3.63, 3.8) is 0 Å². The van der Waals surface area contributed by atoms with Gasteiger partial charge in [-0.1, -0.05) is 90.1 Å². The third-order valence-corrected chi connectivity index (χ3v) is 7.96. The van der Waals surface area contributed by atoms with Crippen molar-refractivity contribution in [1.29, 1.82) is 0 Å². The fourth-order valence-corrected chi connectivity index (χ4v) is 5.52. The molecule has 0 aliphatic carbocycles. The van der Waals surface area contributed by atoms with Crippen LogP contribution in [0.1, 0.15) is 74.9 Å². The molecular formula is C38H50Cl2N2. The summed E-state index contributed by atoms with van der Waals surface area (Å²) < 4.78 is 0. The molecule has 0 radical (unpaired) electrons. The number of hydrogen-bond donors (Lipinski definition) is 2. The molecule has 4 aromatic carbocycles. The maximum atomic E-state index is 3.69. The first-order valence-corrected chi connectivity index (χ1v) is 14.7. The molecule has 0 aliphatic heterocycles. The minimum atomic E-state index is 0. The van der Waals surface area contributed by atoms with E-state index < -0.39 is 0 Å². The lowest BCUT2D eigenvalue weighted by atomic mass is 9.86. The summed E-state index contributed by atoms with van der Waals surface area (Å²) in [6.45, 7) is 24.1. The number of rotatable bonds is 7. The normalized spacial score (nSPS) is 11.4. The van der Waals surface area contributed by atoms with Crippen molar-refractivity contribution in [3.8, 4) is 22.3 Å². The van der Waals surface area contributed by atoms with Crippen LogP contribution in [0.4, 0.5) is 11.4 Å². The molecule has 0 saturated heterocycles. The molecule has 0 fully saturated rings. The van der Waals surface area contributed by atoms with Gasteiger partial charge in [-0.15, -0.1) is 24.8 Å². The van der Waals surface area contributed by atoms with E-state index in [4.69, 9.17) is 0 Å². The van der Waals surface area contributed by atoms with Gasteiger partial charge in [-0.2, -0.15) is 0 Å². The zero-order chi connectivity index (χ0) is 29.2. The highest BCUT2D eigenvalue weighted by atomic mass is 35.5. The monoisotopic (exact) mass is 604 g/mol. The van der Waals surface area contributed by atoms with Crippen LogP contribution in [0.5, 0.6) is 0 Å². The number of anilines is 2. The molecule has 0 amide bonds. The number of hydrogen-bond acceptors (Lipinski definition) is 2. The molecule has 2 N–H and O–H groups in total.